The fraction of sp³-hybridized carbons (Fsp3) is 0.875. The molecule has 5 N–H and O–H groups in total. The van der Waals surface area contributed by atoms with Crippen LogP contribution in [0, 0.1) is 0 Å². The van der Waals surface area contributed by atoms with Gasteiger partial charge < -0.3 is 25.5 Å². The minimum absolute atomic E-state index is 0.183. The van der Waals surface area contributed by atoms with E-state index in [9.17, 15) is 20.1 Å². The number of hydrogen-bond donors (Lipinski definition) is 5. The summed E-state index contributed by atoms with van der Waals surface area (Å²) in [7, 11) is 0. The Morgan fingerprint density at radius 2 is 1.82 bits per heavy atom. The van der Waals surface area contributed by atoms with E-state index in [1.165, 1.54) is 0 Å². The molecule has 0 heterocycles. The van der Waals surface area contributed by atoms with Crippen molar-refractivity contribution in [2.24, 2.45) is 5.11 Å². The number of Topliss-reactive ketones (excluding diaryl/α,β-unsaturated/α-hetero) is 1. The highest BCUT2D eigenvalue weighted by molar-refractivity contribution is 5.83. The summed E-state index contributed by atoms with van der Waals surface area (Å²) in [5, 5.41) is 48.4. The van der Waals surface area contributed by atoms with Gasteiger partial charge >= 0.3 is 0 Å². The summed E-state index contributed by atoms with van der Waals surface area (Å²) in [6.45, 7) is -1.00. The van der Waals surface area contributed by atoms with Crippen LogP contribution in [0.2, 0.25) is 0 Å². The Morgan fingerprint density at radius 3 is 2.29 bits per heavy atom. The molecule has 98 valence electrons. The molecule has 0 rings (SSSR count). The second-order valence-corrected chi connectivity index (χ2v) is 3.35. The van der Waals surface area contributed by atoms with E-state index < -0.39 is 36.8 Å². The molecule has 0 aromatic rings. The lowest BCUT2D eigenvalue weighted by atomic mass is 9.99. The Bertz CT molecular complexity index is 293. The van der Waals surface area contributed by atoms with Crippen molar-refractivity contribution in [3.8, 4) is 0 Å². The van der Waals surface area contributed by atoms with Crippen LogP contribution in [0.1, 0.15) is 6.42 Å². The monoisotopic (exact) mass is 249 g/mol. The van der Waals surface area contributed by atoms with Gasteiger partial charge in [-0.3, -0.25) is 4.79 Å². The molecule has 0 aromatic heterocycles. The third kappa shape index (κ3) is 5.09. The maximum Gasteiger partial charge on any atom is 0.164 e. The molecule has 0 saturated heterocycles. The molecule has 0 aliphatic rings. The third-order valence-electron chi connectivity index (χ3n) is 2.11. The van der Waals surface area contributed by atoms with Crippen molar-refractivity contribution >= 4 is 5.78 Å². The maximum atomic E-state index is 11.2. The molecule has 17 heavy (non-hydrogen) atoms. The number of rotatable bonds is 8. The largest absolute Gasteiger partial charge is 0.394 e. The first-order valence-corrected chi connectivity index (χ1v) is 4.82. The van der Waals surface area contributed by atoms with Gasteiger partial charge in [0.1, 0.15) is 24.4 Å². The van der Waals surface area contributed by atoms with Gasteiger partial charge in [-0.05, 0) is 5.53 Å². The fourth-order valence-corrected chi connectivity index (χ4v) is 1.07. The first-order valence-electron chi connectivity index (χ1n) is 4.82. The molecule has 0 amide bonds. The highest BCUT2D eigenvalue weighted by Crippen LogP contribution is 2.07. The van der Waals surface area contributed by atoms with E-state index in [1.54, 1.807) is 0 Å². The van der Waals surface area contributed by atoms with Crippen LogP contribution in [0.4, 0.5) is 0 Å². The van der Waals surface area contributed by atoms with Gasteiger partial charge in [0.05, 0.1) is 6.61 Å². The molecule has 0 aliphatic heterocycles. The van der Waals surface area contributed by atoms with Crippen molar-refractivity contribution in [2.45, 2.75) is 30.8 Å². The van der Waals surface area contributed by atoms with E-state index in [-0.39, 0.29) is 13.0 Å². The molecule has 0 saturated carbocycles. The number of carbonyl (C=O) groups is 1. The first-order chi connectivity index (χ1) is 7.95. The minimum atomic E-state index is -1.92. The lowest BCUT2D eigenvalue weighted by Crippen LogP contribution is -2.48. The molecule has 0 aliphatic carbocycles. The predicted octanol–water partition coefficient (Wildman–Crippen LogP) is -2.31. The smallest absolute Gasteiger partial charge is 0.164 e. The van der Waals surface area contributed by atoms with Crippen LogP contribution in [0.15, 0.2) is 5.11 Å². The molecule has 4 atom stereocenters. The van der Waals surface area contributed by atoms with Gasteiger partial charge in [-0.1, -0.05) is 5.11 Å². The average molecular weight is 249 g/mol. The summed E-state index contributed by atoms with van der Waals surface area (Å²) in [5.41, 5.74) is 7.95. The Morgan fingerprint density at radius 1 is 1.24 bits per heavy atom. The van der Waals surface area contributed by atoms with Gasteiger partial charge in [-0.25, -0.2) is 0 Å². The molecule has 0 radical (unpaired) electrons. The van der Waals surface area contributed by atoms with Crippen molar-refractivity contribution in [3.63, 3.8) is 0 Å². The molecule has 9 nitrogen and oxygen atoms in total. The van der Waals surface area contributed by atoms with E-state index in [4.69, 9.17) is 15.7 Å². The average Bonchev–Trinajstić information content (AvgIpc) is 2.35. The second kappa shape index (κ2) is 7.96. The molecule has 0 bridgehead atoms. The zero-order valence-corrected chi connectivity index (χ0v) is 8.92. The quantitative estimate of drug-likeness (QED) is 0.184. The van der Waals surface area contributed by atoms with Crippen molar-refractivity contribution in [1.82, 2.24) is 0 Å². The summed E-state index contributed by atoms with van der Waals surface area (Å²) in [4.78, 5) is 13.6. The second-order valence-electron chi connectivity index (χ2n) is 3.35. The number of aliphatic hydroxyl groups excluding tert-OH is 5. The van der Waals surface area contributed by atoms with Gasteiger partial charge in [-0.15, -0.1) is 0 Å². The van der Waals surface area contributed by atoms with E-state index in [2.05, 4.69) is 10.0 Å². The van der Waals surface area contributed by atoms with Crippen LogP contribution >= 0.6 is 0 Å². The zero-order chi connectivity index (χ0) is 13.4. The molecular formula is C8H15N3O6. The van der Waals surface area contributed by atoms with E-state index in [0.29, 0.717) is 0 Å². The maximum absolute atomic E-state index is 11.2. The van der Waals surface area contributed by atoms with Crippen molar-refractivity contribution in [1.29, 1.82) is 0 Å². The lowest BCUT2D eigenvalue weighted by Gasteiger charge is -2.24. The van der Waals surface area contributed by atoms with Gasteiger partial charge in [0.15, 0.2) is 5.78 Å². The van der Waals surface area contributed by atoms with Crippen molar-refractivity contribution < 1.29 is 30.3 Å². The molecule has 9 heteroatoms. The van der Waals surface area contributed by atoms with E-state index in [1.807, 2.05) is 0 Å². The minimum Gasteiger partial charge on any atom is -0.394 e. The Balaban J connectivity index is 4.32. The molecular weight excluding hydrogens is 234 g/mol. The fourth-order valence-electron chi connectivity index (χ4n) is 1.07. The summed E-state index contributed by atoms with van der Waals surface area (Å²) >= 11 is 0. The molecule has 0 aromatic carbocycles. The number of aliphatic hydroxyl groups is 5. The van der Waals surface area contributed by atoms with Crippen LogP contribution < -0.4 is 0 Å². The van der Waals surface area contributed by atoms with Gasteiger partial charge in [0.2, 0.25) is 0 Å². The molecule has 0 fully saturated rings. The normalized spacial score (nSPS) is 17.7. The molecule has 0 spiro atoms. The Hall–Kier alpha value is -1.22. The van der Waals surface area contributed by atoms with Crippen LogP contribution in [-0.2, 0) is 4.79 Å². The Kier molecular flexibility index (Phi) is 7.39. The van der Waals surface area contributed by atoms with Gasteiger partial charge in [-0.2, -0.15) is 0 Å². The van der Waals surface area contributed by atoms with Gasteiger partial charge in [0, 0.05) is 17.9 Å². The standard InChI is InChI=1S/C8H15N3O6/c9-11-10-2-1-4(13)6(15)8(17)7(16)5(14)3-12/h5-8,12,14-17H,1-3H2/t5-,6-,7-,8-/m1/s1. The summed E-state index contributed by atoms with van der Waals surface area (Å²) in [6.07, 6.45) is -7.65. The topological polar surface area (TPSA) is 167 Å². The Labute approximate surface area is 96.6 Å². The summed E-state index contributed by atoms with van der Waals surface area (Å²) < 4.78 is 0. The lowest BCUT2D eigenvalue weighted by molar-refractivity contribution is -0.146. The SMILES string of the molecule is [N-]=[N+]=NCCC(=O)[C@@H](O)[C@@H](O)[C@H](O)[C@H](O)CO. The van der Waals surface area contributed by atoms with E-state index >= 15 is 0 Å². The van der Waals surface area contributed by atoms with Crippen LogP contribution in [0.3, 0.4) is 0 Å². The van der Waals surface area contributed by atoms with Crippen LogP contribution in [0.5, 0.6) is 0 Å². The van der Waals surface area contributed by atoms with Crippen molar-refractivity contribution in [3.05, 3.63) is 10.4 Å². The number of ketones is 1. The third-order valence-corrected chi connectivity index (χ3v) is 2.11. The van der Waals surface area contributed by atoms with E-state index in [0.717, 1.165) is 0 Å². The first kappa shape index (κ1) is 15.8. The number of hydrogen-bond acceptors (Lipinski definition) is 7. The van der Waals surface area contributed by atoms with Gasteiger partial charge in [0.25, 0.3) is 0 Å². The number of azide groups is 1. The predicted molar refractivity (Wildman–Crippen MR) is 54.8 cm³/mol. The summed E-state index contributed by atoms with van der Waals surface area (Å²) in [5.74, 6) is -0.839. The van der Waals surface area contributed by atoms with Crippen LogP contribution in [0.25, 0.3) is 10.4 Å². The number of nitrogens with zero attached hydrogens (tertiary/aromatic N) is 3. The van der Waals surface area contributed by atoms with Crippen molar-refractivity contribution in [2.75, 3.05) is 13.2 Å². The highest BCUT2D eigenvalue weighted by Gasteiger charge is 2.33. The number of carbonyl (C=O) groups excluding carboxylic acids is 1. The molecule has 0 unspecified atom stereocenters. The highest BCUT2D eigenvalue weighted by atomic mass is 16.4. The van der Waals surface area contributed by atoms with Crippen LogP contribution in [-0.4, -0.2) is 68.9 Å². The zero-order valence-electron chi connectivity index (χ0n) is 8.92. The summed E-state index contributed by atoms with van der Waals surface area (Å²) in [6, 6.07) is 0.